The Balaban J connectivity index is 1.91. The second kappa shape index (κ2) is 12.4. The number of amides is 2. The van der Waals surface area contributed by atoms with E-state index in [1.54, 1.807) is 4.90 Å². The fraction of sp³-hybridized carbons (Fsp3) is 0.286. The zero-order chi connectivity index (χ0) is 24.5. The molecule has 0 aliphatic rings. The minimum absolute atomic E-state index is 0.0443. The van der Waals surface area contributed by atoms with Crippen molar-refractivity contribution in [3.63, 3.8) is 0 Å². The van der Waals surface area contributed by atoms with Crippen molar-refractivity contribution in [2.45, 2.75) is 45.8 Å². The van der Waals surface area contributed by atoms with Gasteiger partial charge in [0, 0.05) is 23.5 Å². The average molecular weight is 523 g/mol. The van der Waals surface area contributed by atoms with E-state index in [0.29, 0.717) is 18.7 Å². The van der Waals surface area contributed by atoms with E-state index in [2.05, 4.69) is 21.2 Å². The molecule has 2 amide bonds. The van der Waals surface area contributed by atoms with Gasteiger partial charge in [0.05, 0.1) is 0 Å². The summed E-state index contributed by atoms with van der Waals surface area (Å²) in [7, 11) is 0. The predicted octanol–water partition coefficient (Wildman–Crippen LogP) is 5.30. The Morgan fingerprint density at radius 3 is 2.32 bits per heavy atom. The lowest BCUT2D eigenvalue weighted by atomic mass is 10.0. The molecule has 0 spiro atoms. The van der Waals surface area contributed by atoms with Crippen LogP contribution in [0.1, 0.15) is 30.5 Å². The van der Waals surface area contributed by atoms with Gasteiger partial charge in [0.15, 0.2) is 6.61 Å². The zero-order valence-corrected chi connectivity index (χ0v) is 21.4. The van der Waals surface area contributed by atoms with E-state index in [4.69, 9.17) is 4.74 Å². The molecule has 3 aromatic rings. The van der Waals surface area contributed by atoms with Gasteiger partial charge in [-0.1, -0.05) is 70.5 Å². The number of carbonyl (C=O) groups is 2. The standard InChI is InChI=1S/C28H31BrN2O3/c1-20(2)30-28(33)26(17-22-10-5-4-6-11-22)31(18-23-12-8-13-24(29)16-23)27(32)19-34-25-14-7-9-21(3)15-25/h4-16,20,26H,17-19H2,1-3H3,(H,30,33)/t26-/m0/s1. The molecular weight excluding hydrogens is 492 g/mol. The highest BCUT2D eigenvalue weighted by molar-refractivity contribution is 9.10. The quantitative estimate of drug-likeness (QED) is 0.393. The van der Waals surface area contributed by atoms with Crippen LogP contribution < -0.4 is 10.1 Å². The van der Waals surface area contributed by atoms with Crippen LogP contribution >= 0.6 is 15.9 Å². The van der Waals surface area contributed by atoms with Crippen LogP contribution in [0.25, 0.3) is 0 Å². The molecule has 5 nitrogen and oxygen atoms in total. The largest absolute Gasteiger partial charge is 0.484 e. The SMILES string of the molecule is Cc1cccc(OCC(=O)N(Cc2cccc(Br)c2)[C@@H](Cc2ccccc2)C(=O)NC(C)C)c1. The van der Waals surface area contributed by atoms with Gasteiger partial charge in [-0.2, -0.15) is 0 Å². The van der Waals surface area contributed by atoms with Gasteiger partial charge in [-0.25, -0.2) is 0 Å². The summed E-state index contributed by atoms with van der Waals surface area (Å²) in [5.74, 6) is 0.195. The van der Waals surface area contributed by atoms with Crippen molar-refractivity contribution in [3.05, 3.63) is 100 Å². The van der Waals surface area contributed by atoms with Gasteiger partial charge in [-0.05, 0) is 61.7 Å². The molecule has 0 aliphatic heterocycles. The molecule has 0 fully saturated rings. The number of halogens is 1. The zero-order valence-electron chi connectivity index (χ0n) is 19.8. The van der Waals surface area contributed by atoms with Crippen LogP contribution in [0.15, 0.2) is 83.3 Å². The maximum absolute atomic E-state index is 13.5. The third-order valence-electron chi connectivity index (χ3n) is 5.30. The molecule has 0 saturated heterocycles. The molecule has 0 aromatic heterocycles. The van der Waals surface area contributed by atoms with E-state index in [1.165, 1.54) is 0 Å². The molecule has 0 saturated carbocycles. The molecule has 34 heavy (non-hydrogen) atoms. The van der Waals surface area contributed by atoms with E-state index < -0.39 is 6.04 Å². The molecule has 1 N–H and O–H groups in total. The first-order chi connectivity index (χ1) is 16.3. The summed E-state index contributed by atoms with van der Waals surface area (Å²) in [5, 5.41) is 2.99. The lowest BCUT2D eigenvalue weighted by Crippen LogP contribution is -2.52. The Kier molecular flexibility index (Phi) is 9.28. The second-order valence-corrected chi connectivity index (χ2v) is 9.54. The Morgan fingerprint density at radius 2 is 1.65 bits per heavy atom. The summed E-state index contributed by atoms with van der Waals surface area (Å²) >= 11 is 3.50. The Bertz CT molecular complexity index is 1100. The van der Waals surface area contributed by atoms with Crippen molar-refractivity contribution in [2.24, 2.45) is 0 Å². The van der Waals surface area contributed by atoms with Gasteiger partial charge >= 0.3 is 0 Å². The number of hydrogen-bond acceptors (Lipinski definition) is 3. The monoisotopic (exact) mass is 522 g/mol. The van der Waals surface area contributed by atoms with E-state index in [1.807, 2.05) is 99.6 Å². The van der Waals surface area contributed by atoms with Crippen molar-refractivity contribution in [1.29, 1.82) is 0 Å². The van der Waals surface area contributed by atoms with Gasteiger partial charge in [0.1, 0.15) is 11.8 Å². The number of carbonyl (C=O) groups excluding carboxylic acids is 2. The van der Waals surface area contributed by atoms with Gasteiger partial charge in [-0.15, -0.1) is 0 Å². The first-order valence-electron chi connectivity index (χ1n) is 11.4. The highest BCUT2D eigenvalue weighted by Crippen LogP contribution is 2.19. The summed E-state index contributed by atoms with van der Waals surface area (Å²) in [6.45, 7) is 5.94. The van der Waals surface area contributed by atoms with Crippen LogP contribution in [0.4, 0.5) is 0 Å². The second-order valence-electron chi connectivity index (χ2n) is 8.63. The van der Waals surface area contributed by atoms with Crippen molar-refractivity contribution in [3.8, 4) is 5.75 Å². The Morgan fingerprint density at radius 1 is 0.941 bits per heavy atom. The predicted molar refractivity (Wildman–Crippen MR) is 139 cm³/mol. The molecular formula is C28H31BrN2O3. The van der Waals surface area contributed by atoms with Gasteiger partial charge in [-0.3, -0.25) is 9.59 Å². The molecule has 3 aromatic carbocycles. The maximum atomic E-state index is 13.5. The Labute approximate surface area is 210 Å². The van der Waals surface area contributed by atoms with Crippen LogP contribution in [0, 0.1) is 6.92 Å². The van der Waals surface area contributed by atoms with Gasteiger partial charge < -0.3 is 15.0 Å². The van der Waals surface area contributed by atoms with Crippen LogP contribution in [0.3, 0.4) is 0 Å². The normalized spacial score (nSPS) is 11.7. The van der Waals surface area contributed by atoms with E-state index in [9.17, 15) is 9.59 Å². The number of benzene rings is 3. The van der Waals surface area contributed by atoms with Crippen LogP contribution in [0.5, 0.6) is 5.75 Å². The molecule has 0 radical (unpaired) electrons. The highest BCUT2D eigenvalue weighted by atomic mass is 79.9. The smallest absolute Gasteiger partial charge is 0.261 e. The fourth-order valence-electron chi connectivity index (χ4n) is 3.70. The van der Waals surface area contributed by atoms with Crippen LogP contribution in [-0.4, -0.2) is 35.4 Å². The van der Waals surface area contributed by atoms with Crippen molar-refractivity contribution in [1.82, 2.24) is 10.2 Å². The molecule has 1 atom stereocenters. The topological polar surface area (TPSA) is 58.6 Å². The summed E-state index contributed by atoms with van der Waals surface area (Å²) < 4.78 is 6.74. The number of rotatable bonds is 10. The first-order valence-corrected chi connectivity index (χ1v) is 12.2. The molecule has 0 aliphatic carbocycles. The molecule has 0 heterocycles. The number of nitrogens with zero attached hydrogens (tertiary/aromatic N) is 1. The molecule has 178 valence electrons. The van der Waals surface area contributed by atoms with Gasteiger partial charge in [0.2, 0.25) is 5.91 Å². The van der Waals surface area contributed by atoms with Crippen LogP contribution in [-0.2, 0) is 22.6 Å². The van der Waals surface area contributed by atoms with E-state index >= 15 is 0 Å². The number of aryl methyl sites for hydroxylation is 1. The lowest BCUT2D eigenvalue weighted by molar-refractivity contribution is -0.143. The summed E-state index contributed by atoms with van der Waals surface area (Å²) in [5.41, 5.74) is 2.96. The highest BCUT2D eigenvalue weighted by Gasteiger charge is 2.31. The maximum Gasteiger partial charge on any atom is 0.261 e. The van der Waals surface area contributed by atoms with Gasteiger partial charge in [0.25, 0.3) is 5.91 Å². The summed E-state index contributed by atoms with van der Waals surface area (Å²) in [6.07, 6.45) is 0.406. The third-order valence-corrected chi connectivity index (χ3v) is 5.79. The summed E-state index contributed by atoms with van der Waals surface area (Å²) in [6, 6.07) is 24.4. The van der Waals surface area contributed by atoms with Crippen molar-refractivity contribution in [2.75, 3.05) is 6.61 Å². The van der Waals surface area contributed by atoms with Crippen molar-refractivity contribution < 1.29 is 14.3 Å². The number of nitrogens with one attached hydrogen (secondary N) is 1. The average Bonchev–Trinajstić information content (AvgIpc) is 2.80. The van der Waals surface area contributed by atoms with Crippen LogP contribution in [0.2, 0.25) is 0 Å². The molecule has 0 bridgehead atoms. The van der Waals surface area contributed by atoms with Crippen molar-refractivity contribution >= 4 is 27.7 Å². The molecule has 0 unspecified atom stereocenters. The minimum atomic E-state index is -0.683. The number of ether oxygens (including phenoxy) is 1. The molecule has 6 heteroatoms. The lowest BCUT2D eigenvalue weighted by Gasteiger charge is -2.32. The third kappa shape index (κ3) is 7.73. The Hall–Kier alpha value is -3.12. The fourth-order valence-corrected chi connectivity index (χ4v) is 4.15. The minimum Gasteiger partial charge on any atom is -0.484 e. The number of hydrogen-bond donors (Lipinski definition) is 1. The first kappa shape index (κ1) is 25.5. The van der Waals surface area contributed by atoms with E-state index in [-0.39, 0.29) is 24.5 Å². The molecule has 3 rings (SSSR count). The summed E-state index contributed by atoms with van der Waals surface area (Å²) in [4.78, 5) is 28.5. The van der Waals surface area contributed by atoms with E-state index in [0.717, 1.165) is 21.2 Å².